The average molecular weight is 596 g/mol. The maximum Gasteiger partial charge on any atom is 0.164 e. The van der Waals surface area contributed by atoms with Gasteiger partial charge in [0.25, 0.3) is 0 Å². The monoisotopic (exact) mass is 595 g/mol. The third kappa shape index (κ3) is 4.77. The number of nitrogens with zero attached hydrogens (tertiary/aromatic N) is 3. The minimum absolute atomic E-state index is 0.289. The van der Waals surface area contributed by atoms with E-state index in [1.54, 1.807) is 16.7 Å². The van der Waals surface area contributed by atoms with Crippen LogP contribution in [-0.4, -0.2) is 15.0 Å². The number of fused-ring (bicyclic) bond motifs is 3. The van der Waals surface area contributed by atoms with Gasteiger partial charge >= 0.3 is 0 Å². The lowest BCUT2D eigenvalue weighted by Crippen LogP contribution is -2.27. The summed E-state index contributed by atoms with van der Waals surface area (Å²) in [5.74, 6) is 4.62. The topological polar surface area (TPSA) is 38.7 Å². The first-order chi connectivity index (χ1) is 22.8. The molecule has 0 fully saturated rings. The van der Waals surface area contributed by atoms with E-state index in [1.807, 2.05) is 18.2 Å². The van der Waals surface area contributed by atoms with Gasteiger partial charge in [-0.3, -0.25) is 0 Å². The van der Waals surface area contributed by atoms with E-state index in [9.17, 15) is 0 Å². The lowest BCUT2D eigenvalue weighted by atomic mass is 9.66. The SMILES string of the molecule is C1=CCCC(c2nc(C3=CC(C4=CC(C5=CC=C6c7ccccc7C7CC=CC5C67)CC=C4)CC=C3)nc(-c3ccccc3)n2)=C1. The molecule has 3 heteroatoms. The summed E-state index contributed by atoms with van der Waals surface area (Å²) in [5, 5.41) is 0. The summed E-state index contributed by atoms with van der Waals surface area (Å²) in [5.41, 5.74) is 10.8. The summed E-state index contributed by atoms with van der Waals surface area (Å²) >= 11 is 0. The fourth-order valence-electron chi connectivity index (χ4n) is 8.47. The number of benzene rings is 2. The van der Waals surface area contributed by atoms with E-state index in [1.165, 1.54) is 16.7 Å². The lowest BCUT2D eigenvalue weighted by Gasteiger charge is -2.38. The minimum Gasteiger partial charge on any atom is -0.209 e. The van der Waals surface area contributed by atoms with Gasteiger partial charge in [0.05, 0.1) is 0 Å². The molecular formula is C43H37N3. The zero-order chi connectivity index (χ0) is 30.5. The number of aromatic nitrogens is 3. The first-order valence-electron chi connectivity index (χ1n) is 16.9. The molecule has 1 heterocycles. The van der Waals surface area contributed by atoms with Crippen molar-refractivity contribution in [3.8, 4) is 11.4 Å². The summed E-state index contributed by atoms with van der Waals surface area (Å²) in [7, 11) is 0. The standard InChI is InChI=1S/C43H37N3/c1-3-12-28(13-4-1)41-44-42(29-14-5-2-6-15-29)46-43(45-41)33-19-10-17-31(27-33)30-16-9-18-32(26-30)34-24-25-39-36-21-8-7-20-35(36)38-23-11-22-37(34)40(38)39/h1-5,7-14,16,19-22,24-27,31-32,37-38,40H,6,15,17-18,23H2. The molecule has 5 unspecified atom stereocenters. The van der Waals surface area contributed by atoms with Crippen LogP contribution in [0.15, 0.2) is 145 Å². The van der Waals surface area contributed by atoms with Gasteiger partial charge in [-0.15, -0.1) is 0 Å². The Kier molecular flexibility index (Phi) is 6.84. The minimum atomic E-state index is 0.289. The second-order valence-corrected chi connectivity index (χ2v) is 13.3. The number of hydrogen-bond donors (Lipinski definition) is 0. The molecule has 224 valence electrons. The molecule has 46 heavy (non-hydrogen) atoms. The van der Waals surface area contributed by atoms with E-state index in [0.29, 0.717) is 23.7 Å². The van der Waals surface area contributed by atoms with Crippen LogP contribution >= 0.6 is 0 Å². The van der Waals surface area contributed by atoms with E-state index in [4.69, 9.17) is 15.0 Å². The Morgan fingerprint density at radius 1 is 0.652 bits per heavy atom. The van der Waals surface area contributed by atoms with Gasteiger partial charge in [-0.2, -0.15) is 0 Å². The highest BCUT2D eigenvalue weighted by molar-refractivity contribution is 5.80. The Labute approximate surface area is 271 Å². The Balaban J connectivity index is 1.05. The van der Waals surface area contributed by atoms with Crippen molar-refractivity contribution in [3.63, 3.8) is 0 Å². The third-order valence-corrected chi connectivity index (χ3v) is 10.7. The van der Waals surface area contributed by atoms with E-state index >= 15 is 0 Å². The Bertz CT molecular complexity index is 1990. The molecule has 3 nitrogen and oxygen atoms in total. The molecule has 6 aliphatic rings. The molecular weight excluding hydrogens is 558 g/mol. The van der Waals surface area contributed by atoms with E-state index in [0.717, 1.165) is 60.7 Å². The fraction of sp³-hybridized carbons (Fsp3) is 0.233. The van der Waals surface area contributed by atoms with Crippen LogP contribution in [0.2, 0.25) is 0 Å². The van der Waals surface area contributed by atoms with Crippen molar-refractivity contribution in [2.45, 2.75) is 38.0 Å². The zero-order valence-corrected chi connectivity index (χ0v) is 26.0. The Morgan fingerprint density at radius 3 is 2.39 bits per heavy atom. The highest BCUT2D eigenvalue weighted by Gasteiger charge is 2.44. The second kappa shape index (κ2) is 11.5. The summed E-state index contributed by atoms with van der Waals surface area (Å²) in [4.78, 5) is 15.0. The van der Waals surface area contributed by atoms with Gasteiger partial charge in [-0.25, -0.2) is 15.0 Å². The van der Waals surface area contributed by atoms with Crippen LogP contribution in [0, 0.1) is 23.7 Å². The lowest BCUT2D eigenvalue weighted by molar-refractivity contribution is 0.420. The third-order valence-electron chi connectivity index (χ3n) is 10.7. The zero-order valence-electron chi connectivity index (χ0n) is 26.0. The van der Waals surface area contributed by atoms with Crippen LogP contribution in [0.3, 0.4) is 0 Å². The number of rotatable bonds is 5. The molecule has 0 saturated heterocycles. The normalized spacial score (nSPS) is 27.2. The van der Waals surface area contributed by atoms with Crippen LogP contribution in [0.1, 0.15) is 60.8 Å². The predicted octanol–water partition coefficient (Wildman–Crippen LogP) is 10.0. The Morgan fingerprint density at radius 2 is 1.48 bits per heavy atom. The van der Waals surface area contributed by atoms with Crippen LogP contribution < -0.4 is 0 Å². The molecule has 0 amide bonds. The van der Waals surface area contributed by atoms with Crippen LogP contribution in [-0.2, 0) is 0 Å². The van der Waals surface area contributed by atoms with Crippen molar-refractivity contribution in [1.29, 1.82) is 0 Å². The smallest absolute Gasteiger partial charge is 0.164 e. The molecule has 0 bridgehead atoms. The van der Waals surface area contributed by atoms with Crippen LogP contribution in [0.25, 0.3) is 28.1 Å². The first-order valence-corrected chi connectivity index (χ1v) is 16.9. The molecule has 6 aliphatic carbocycles. The van der Waals surface area contributed by atoms with Crippen molar-refractivity contribution < 1.29 is 0 Å². The summed E-state index contributed by atoms with van der Waals surface area (Å²) in [6, 6.07) is 19.4. The number of allylic oxidation sites excluding steroid dienone is 18. The van der Waals surface area contributed by atoms with Gasteiger partial charge in [0.15, 0.2) is 17.5 Å². The predicted molar refractivity (Wildman–Crippen MR) is 188 cm³/mol. The maximum absolute atomic E-state index is 5.05. The van der Waals surface area contributed by atoms with Crippen molar-refractivity contribution in [1.82, 2.24) is 15.0 Å². The second-order valence-electron chi connectivity index (χ2n) is 13.3. The summed E-state index contributed by atoms with van der Waals surface area (Å²) in [6.45, 7) is 0. The molecule has 3 aromatic rings. The van der Waals surface area contributed by atoms with Crippen LogP contribution in [0.5, 0.6) is 0 Å². The first kappa shape index (κ1) is 27.4. The van der Waals surface area contributed by atoms with Gasteiger partial charge in [0.2, 0.25) is 0 Å². The maximum atomic E-state index is 5.05. The van der Waals surface area contributed by atoms with Crippen LogP contribution in [0.4, 0.5) is 0 Å². The van der Waals surface area contributed by atoms with E-state index < -0.39 is 0 Å². The molecule has 0 aliphatic heterocycles. The van der Waals surface area contributed by atoms with Gasteiger partial charge in [-0.05, 0) is 65.9 Å². The van der Waals surface area contributed by atoms with Crippen molar-refractivity contribution in [2.75, 3.05) is 0 Å². The largest absolute Gasteiger partial charge is 0.209 e. The summed E-state index contributed by atoms with van der Waals surface area (Å²) in [6.07, 6.45) is 35.7. The molecule has 2 aromatic carbocycles. The van der Waals surface area contributed by atoms with Crippen molar-refractivity contribution in [3.05, 3.63) is 168 Å². The summed E-state index contributed by atoms with van der Waals surface area (Å²) < 4.78 is 0. The molecule has 0 N–H and O–H groups in total. The fourth-order valence-corrected chi connectivity index (χ4v) is 8.47. The number of hydrogen-bond acceptors (Lipinski definition) is 3. The molecule has 9 rings (SSSR count). The van der Waals surface area contributed by atoms with E-state index in [2.05, 4.69) is 115 Å². The average Bonchev–Trinajstić information content (AvgIpc) is 3.47. The molecule has 1 aromatic heterocycles. The van der Waals surface area contributed by atoms with Gasteiger partial charge in [0.1, 0.15) is 0 Å². The molecule has 0 saturated carbocycles. The van der Waals surface area contributed by atoms with Crippen molar-refractivity contribution in [2.24, 2.45) is 23.7 Å². The Hall–Kier alpha value is -4.89. The highest BCUT2D eigenvalue weighted by atomic mass is 15.0. The highest BCUT2D eigenvalue weighted by Crippen LogP contribution is 2.57. The van der Waals surface area contributed by atoms with Crippen molar-refractivity contribution >= 4 is 16.7 Å². The quantitative estimate of drug-likeness (QED) is 0.276. The van der Waals surface area contributed by atoms with Gasteiger partial charge < -0.3 is 0 Å². The molecule has 5 atom stereocenters. The van der Waals surface area contributed by atoms with Gasteiger partial charge in [0, 0.05) is 34.8 Å². The van der Waals surface area contributed by atoms with E-state index in [-0.39, 0.29) is 5.92 Å². The molecule has 0 spiro atoms. The van der Waals surface area contributed by atoms with Gasteiger partial charge in [-0.1, -0.05) is 139 Å². The molecule has 0 radical (unpaired) electrons.